The lowest BCUT2D eigenvalue weighted by Gasteiger charge is -2.33. The van der Waals surface area contributed by atoms with E-state index in [1.165, 1.54) is 44.8 Å². The Hall–Kier alpha value is -2.32. The Morgan fingerprint density at radius 3 is 2.38 bits per heavy atom. The lowest BCUT2D eigenvalue weighted by Crippen LogP contribution is -2.32. The summed E-state index contributed by atoms with van der Waals surface area (Å²) < 4.78 is 0. The van der Waals surface area contributed by atoms with Crippen LogP contribution in [0.4, 0.5) is 5.69 Å². The fourth-order valence-electron chi connectivity index (χ4n) is 4.53. The molecule has 0 aliphatic carbocycles. The van der Waals surface area contributed by atoms with Crippen LogP contribution in [0.5, 0.6) is 0 Å². The Labute approximate surface area is 179 Å². The first kappa shape index (κ1) is 20.0. The number of benzene rings is 2. The maximum atomic E-state index is 6.27. The number of halogens is 1. The Kier molecular flexibility index (Phi) is 5.65. The van der Waals surface area contributed by atoms with Gasteiger partial charge in [0.25, 0.3) is 0 Å². The van der Waals surface area contributed by atoms with Gasteiger partial charge >= 0.3 is 0 Å². The summed E-state index contributed by atoms with van der Waals surface area (Å²) in [5.74, 6) is 0. The van der Waals surface area contributed by atoms with Gasteiger partial charge in [0.05, 0.1) is 5.69 Å². The molecule has 2 aromatic carbocycles. The first-order valence-corrected chi connectivity index (χ1v) is 11.0. The van der Waals surface area contributed by atoms with Crippen LogP contribution >= 0.6 is 11.6 Å². The van der Waals surface area contributed by atoms with Crippen molar-refractivity contribution in [3.8, 4) is 11.3 Å². The Morgan fingerprint density at radius 1 is 0.966 bits per heavy atom. The van der Waals surface area contributed by atoms with Crippen molar-refractivity contribution in [1.29, 1.82) is 0 Å². The van der Waals surface area contributed by atoms with E-state index in [1.54, 1.807) is 0 Å². The summed E-state index contributed by atoms with van der Waals surface area (Å²) in [4.78, 5) is 7.62. The minimum absolute atomic E-state index is 0.796. The maximum absolute atomic E-state index is 6.27. The largest absolute Gasteiger partial charge is 0.366 e. The molecule has 3 heteroatoms. The summed E-state index contributed by atoms with van der Waals surface area (Å²) >= 11 is 6.27. The van der Waals surface area contributed by atoms with Gasteiger partial charge in [-0.15, -0.1) is 0 Å². The number of aromatic nitrogens is 1. The van der Waals surface area contributed by atoms with Crippen LogP contribution in [0.15, 0.2) is 42.5 Å². The minimum atomic E-state index is 0.796. The molecule has 0 atom stereocenters. The second-order valence-corrected chi connectivity index (χ2v) is 8.45. The lowest BCUT2D eigenvalue weighted by molar-refractivity contribution is 0.706. The minimum Gasteiger partial charge on any atom is -0.366 e. The molecule has 0 bridgehead atoms. The zero-order chi connectivity index (χ0) is 20.5. The fourth-order valence-corrected chi connectivity index (χ4v) is 4.69. The third-order valence-electron chi connectivity index (χ3n) is 6.17. The van der Waals surface area contributed by atoms with E-state index in [1.807, 2.05) is 6.07 Å². The van der Waals surface area contributed by atoms with E-state index in [0.29, 0.717) is 0 Å². The van der Waals surface area contributed by atoms with Crippen molar-refractivity contribution < 1.29 is 0 Å². The molecule has 0 amide bonds. The van der Waals surface area contributed by atoms with Crippen LogP contribution < -0.4 is 4.90 Å². The quantitative estimate of drug-likeness (QED) is 0.480. The second-order valence-electron chi connectivity index (χ2n) is 8.01. The average molecular weight is 405 g/mol. The molecule has 1 aromatic heterocycles. The number of fused-ring (bicyclic) bond motifs is 1. The predicted octanol–water partition coefficient (Wildman–Crippen LogP) is 6.71. The van der Waals surface area contributed by atoms with Crippen molar-refractivity contribution in [3.05, 3.63) is 81.0 Å². The van der Waals surface area contributed by atoms with Gasteiger partial charge in [-0.05, 0) is 72.7 Å². The third kappa shape index (κ3) is 3.79. The van der Waals surface area contributed by atoms with Crippen LogP contribution in [0.2, 0.25) is 5.02 Å². The van der Waals surface area contributed by atoms with E-state index in [2.05, 4.69) is 69.0 Å². The number of rotatable bonds is 4. The van der Waals surface area contributed by atoms with Crippen molar-refractivity contribution in [3.63, 3.8) is 0 Å². The molecule has 0 N–H and O–H groups in total. The normalized spacial score (nSPS) is 13.5. The smallest absolute Gasteiger partial charge is 0.0713 e. The van der Waals surface area contributed by atoms with Crippen molar-refractivity contribution in [2.75, 3.05) is 11.4 Å². The molecule has 150 valence electrons. The number of hydrogen-bond donors (Lipinski definition) is 0. The number of aryl methyl sites for hydroxylation is 4. The summed E-state index contributed by atoms with van der Waals surface area (Å²) in [5.41, 5.74) is 11.7. The fraction of sp³-hybridized carbons (Fsp3) is 0.346. The van der Waals surface area contributed by atoms with Gasteiger partial charge in [-0.25, -0.2) is 0 Å². The highest BCUT2D eigenvalue weighted by atomic mass is 35.5. The Morgan fingerprint density at radius 2 is 1.69 bits per heavy atom. The van der Waals surface area contributed by atoms with Crippen LogP contribution in [0.25, 0.3) is 11.3 Å². The standard InChI is InChI=1S/C26H29ClN2/c1-5-19-8-7-9-20(6-2)26(19)24-14-18(4)22-16-29(13-12-23(22)28-24)25-15-21(27)11-10-17(25)3/h7-11,14-15H,5-6,12-13,16H2,1-4H3. The maximum Gasteiger partial charge on any atom is 0.0713 e. The van der Waals surface area contributed by atoms with Gasteiger partial charge in [0, 0.05) is 41.5 Å². The van der Waals surface area contributed by atoms with Gasteiger partial charge in [-0.3, -0.25) is 4.98 Å². The topological polar surface area (TPSA) is 16.1 Å². The van der Waals surface area contributed by atoms with Gasteiger partial charge in [0.15, 0.2) is 0 Å². The van der Waals surface area contributed by atoms with Crippen molar-refractivity contribution >= 4 is 17.3 Å². The zero-order valence-corrected chi connectivity index (χ0v) is 18.6. The lowest BCUT2D eigenvalue weighted by atomic mass is 9.92. The molecule has 2 nitrogen and oxygen atoms in total. The molecule has 1 aliphatic heterocycles. The van der Waals surface area contributed by atoms with Crippen LogP contribution in [-0.2, 0) is 25.8 Å². The SMILES string of the molecule is CCc1cccc(CC)c1-c1cc(C)c2c(n1)CCN(c1cc(Cl)ccc1C)C2. The number of pyridine rings is 1. The number of hydrogen-bond acceptors (Lipinski definition) is 2. The number of nitrogens with zero attached hydrogens (tertiary/aromatic N) is 2. The molecule has 0 radical (unpaired) electrons. The molecule has 2 heterocycles. The van der Waals surface area contributed by atoms with E-state index in [4.69, 9.17) is 16.6 Å². The summed E-state index contributed by atoms with van der Waals surface area (Å²) in [6.45, 7) is 10.7. The van der Waals surface area contributed by atoms with Crippen LogP contribution in [-0.4, -0.2) is 11.5 Å². The number of anilines is 1. The van der Waals surface area contributed by atoms with Crippen LogP contribution in [0, 0.1) is 13.8 Å². The second kappa shape index (κ2) is 8.20. The third-order valence-corrected chi connectivity index (χ3v) is 6.40. The van der Waals surface area contributed by atoms with E-state index >= 15 is 0 Å². The van der Waals surface area contributed by atoms with Crippen LogP contribution in [0.1, 0.15) is 47.4 Å². The van der Waals surface area contributed by atoms with E-state index in [-0.39, 0.29) is 0 Å². The summed E-state index contributed by atoms with van der Waals surface area (Å²) in [6.07, 6.45) is 3.03. The molecular weight excluding hydrogens is 376 g/mol. The van der Waals surface area contributed by atoms with Gasteiger partial charge < -0.3 is 4.90 Å². The molecular formula is C26H29ClN2. The summed E-state index contributed by atoms with van der Waals surface area (Å²) in [7, 11) is 0. The van der Waals surface area contributed by atoms with Gasteiger partial charge in [-0.2, -0.15) is 0 Å². The highest BCUT2D eigenvalue weighted by Gasteiger charge is 2.22. The summed E-state index contributed by atoms with van der Waals surface area (Å²) in [5, 5.41) is 0.796. The predicted molar refractivity (Wildman–Crippen MR) is 124 cm³/mol. The van der Waals surface area contributed by atoms with E-state index in [9.17, 15) is 0 Å². The van der Waals surface area contributed by atoms with Gasteiger partial charge in [0.2, 0.25) is 0 Å². The van der Waals surface area contributed by atoms with Crippen molar-refractivity contribution in [2.45, 2.75) is 53.5 Å². The molecule has 3 aromatic rings. The molecule has 0 unspecified atom stereocenters. The van der Waals surface area contributed by atoms with E-state index in [0.717, 1.165) is 43.1 Å². The Bertz CT molecular complexity index is 1030. The average Bonchev–Trinajstić information content (AvgIpc) is 2.74. The molecule has 1 aliphatic rings. The molecule has 0 saturated heterocycles. The molecule has 4 rings (SSSR count). The highest BCUT2D eigenvalue weighted by Crippen LogP contribution is 2.34. The monoisotopic (exact) mass is 404 g/mol. The Balaban J connectivity index is 1.74. The van der Waals surface area contributed by atoms with E-state index < -0.39 is 0 Å². The van der Waals surface area contributed by atoms with Crippen molar-refractivity contribution in [1.82, 2.24) is 4.98 Å². The van der Waals surface area contributed by atoms with Crippen molar-refractivity contribution in [2.24, 2.45) is 0 Å². The van der Waals surface area contributed by atoms with Gasteiger partial charge in [0.1, 0.15) is 0 Å². The highest BCUT2D eigenvalue weighted by molar-refractivity contribution is 6.30. The zero-order valence-electron chi connectivity index (χ0n) is 17.8. The molecule has 0 saturated carbocycles. The first-order valence-electron chi connectivity index (χ1n) is 10.6. The van der Waals surface area contributed by atoms with Gasteiger partial charge in [-0.1, -0.05) is 49.7 Å². The molecule has 0 fully saturated rings. The van der Waals surface area contributed by atoms with Crippen LogP contribution in [0.3, 0.4) is 0 Å². The molecule has 29 heavy (non-hydrogen) atoms. The first-order chi connectivity index (χ1) is 14.0. The molecule has 0 spiro atoms. The summed E-state index contributed by atoms with van der Waals surface area (Å²) in [6, 6.07) is 15.1.